The topological polar surface area (TPSA) is 88.4 Å². The Bertz CT molecular complexity index is 1640. The number of aromatic nitrogens is 1. The molecule has 39 heavy (non-hydrogen) atoms. The van der Waals surface area contributed by atoms with Crippen molar-refractivity contribution in [2.24, 2.45) is 4.99 Å². The lowest BCUT2D eigenvalue weighted by molar-refractivity contribution is -0.139. The summed E-state index contributed by atoms with van der Waals surface area (Å²) in [5.41, 5.74) is 1.67. The number of ether oxygens (including phenoxy) is 4. The molecule has 1 aromatic heterocycles. The Kier molecular flexibility index (Phi) is 8.88. The van der Waals surface area contributed by atoms with E-state index in [0.717, 1.165) is 0 Å². The Balaban J connectivity index is 2.01. The van der Waals surface area contributed by atoms with Crippen molar-refractivity contribution in [2.45, 2.75) is 39.8 Å². The van der Waals surface area contributed by atoms with Gasteiger partial charge in [-0.2, -0.15) is 0 Å². The van der Waals surface area contributed by atoms with Gasteiger partial charge in [0.05, 0.1) is 48.8 Å². The van der Waals surface area contributed by atoms with Crippen molar-refractivity contribution < 1.29 is 23.7 Å². The molecular formula is C28H28BrClN2O6S. The maximum absolute atomic E-state index is 14.0. The first-order valence-corrected chi connectivity index (χ1v) is 14.2. The number of carbonyl (C=O) groups is 1. The Morgan fingerprint density at radius 1 is 1.18 bits per heavy atom. The van der Waals surface area contributed by atoms with Gasteiger partial charge in [0.25, 0.3) is 5.56 Å². The highest BCUT2D eigenvalue weighted by atomic mass is 79.9. The maximum Gasteiger partial charge on any atom is 0.338 e. The molecule has 0 N–H and O–H groups in total. The highest BCUT2D eigenvalue weighted by Crippen LogP contribution is 2.40. The molecule has 0 aliphatic carbocycles. The Morgan fingerprint density at radius 3 is 2.51 bits per heavy atom. The van der Waals surface area contributed by atoms with Crippen LogP contribution >= 0.6 is 38.9 Å². The number of carbonyl (C=O) groups excluding carboxylic acids is 1. The Hall–Kier alpha value is -3.08. The first-order chi connectivity index (χ1) is 18.6. The highest BCUT2D eigenvalue weighted by molar-refractivity contribution is 9.10. The predicted molar refractivity (Wildman–Crippen MR) is 155 cm³/mol. The SMILES string of the molecule is CCOC(=O)C1=C(C)N=c2s/c(=C\c3cc(Cl)ccc3OC(C)C)c(=O)n2[C@H]1c1cc(OC)c(OC)cc1Br. The molecular weight excluding hydrogens is 608 g/mol. The molecule has 0 unspecified atom stereocenters. The summed E-state index contributed by atoms with van der Waals surface area (Å²) >= 11 is 11.1. The molecule has 0 bridgehead atoms. The van der Waals surface area contributed by atoms with Gasteiger partial charge in [0.1, 0.15) is 5.75 Å². The van der Waals surface area contributed by atoms with E-state index in [4.69, 9.17) is 30.5 Å². The molecule has 0 fully saturated rings. The number of esters is 1. The highest BCUT2D eigenvalue weighted by Gasteiger charge is 2.35. The summed E-state index contributed by atoms with van der Waals surface area (Å²) in [6.07, 6.45) is 1.66. The molecule has 2 heterocycles. The number of thiazole rings is 1. The summed E-state index contributed by atoms with van der Waals surface area (Å²) in [5.74, 6) is 0.993. The summed E-state index contributed by atoms with van der Waals surface area (Å²) in [6.45, 7) is 7.48. The third kappa shape index (κ3) is 5.78. The minimum Gasteiger partial charge on any atom is -0.493 e. The van der Waals surface area contributed by atoms with E-state index in [1.807, 2.05) is 13.8 Å². The molecule has 1 aliphatic heterocycles. The van der Waals surface area contributed by atoms with Crippen LogP contribution in [0.3, 0.4) is 0 Å². The van der Waals surface area contributed by atoms with Crippen LogP contribution in [0.4, 0.5) is 0 Å². The van der Waals surface area contributed by atoms with Crippen LogP contribution in [0.5, 0.6) is 17.2 Å². The van der Waals surface area contributed by atoms with Crippen LogP contribution in [-0.4, -0.2) is 37.5 Å². The second kappa shape index (κ2) is 12.0. The minimum absolute atomic E-state index is 0.0725. The first kappa shape index (κ1) is 28.9. The van der Waals surface area contributed by atoms with Gasteiger partial charge in [0.2, 0.25) is 0 Å². The number of halogens is 2. The average Bonchev–Trinajstić information content (AvgIpc) is 3.18. The summed E-state index contributed by atoms with van der Waals surface area (Å²) in [5, 5.41) is 0.512. The largest absolute Gasteiger partial charge is 0.493 e. The molecule has 206 valence electrons. The number of allylic oxidation sites excluding steroid dienone is 1. The normalized spacial score (nSPS) is 15.2. The molecule has 8 nitrogen and oxygen atoms in total. The zero-order valence-corrected chi connectivity index (χ0v) is 25.5. The average molecular weight is 636 g/mol. The van der Waals surface area contributed by atoms with E-state index in [2.05, 4.69) is 20.9 Å². The maximum atomic E-state index is 14.0. The standard InChI is InChI=1S/C28H28BrClN2O6S/c1-7-37-27(34)24-15(4)31-28-32(25(24)18-12-21(35-5)22(36-6)13-19(18)29)26(33)23(39-28)11-16-10-17(30)8-9-20(16)38-14(2)3/h8-14,25H,7H2,1-6H3/b23-11-/t25-/m0/s1. The van der Waals surface area contributed by atoms with Crippen LogP contribution < -0.4 is 29.1 Å². The lowest BCUT2D eigenvalue weighted by Gasteiger charge is -2.26. The van der Waals surface area contributed by atoms with Gasteiger partial charge in [-0.15, -0.1) is 0 Å². The number of benzene rings is 2. The van der Waals surface area contributed by atoms with Crippen LogP contribution in [-0.2, 0) is 9.53 Å². The van der Waals surface area contributed by atoms with Gasteiger partial charge in [-0.1, -0.05) is 38.9 Å². The monoisotopic (exact) mass is 634 g/mol. The zero-order valence-electron chi connectivity index (χ0n) is 22.3. The third-order valence-electron chi connectivity index (χ3n) is 5.94. The molecule has 0 saturated heterocycles. The summed E-state index contributed by atoms with van der Waals surface area (Å²) < 4.78 is 24.8. The number of fused-ring (bicyclic) bond motifs is 1. The molecule has 11 heteroatoms. The van der Waals surface area contributed by atoms with Crippen LogP contribution in [0.1, 0.15) is 44.9 Å². The second-order valence-corrected chi connectivity index (χ2v) is 11.2. The molecule has 4 rings (SSSR count). The first-order valence-electron chi connectivity index (χ1n) is 12.2. The number of hydrogen-bond acceptors (Lipinski definition) is 8. The van der Waals surface area contributed by atoms with Gasteiger partial charge in [0.15, 0.2) is 16.3 Å². The van der Waals surface area contributed by atoms with E-state index in [-0.39, 0.29) is 23.8 Å². The van der Waals surface area contributed by atoms with Crippen molar-refractivity contribution in [3.05, 3.63) is 81.9 Å². The fraction of sp³-hybridized carbons (Fsp3) is 0.321. The molecule has 2 aromatic carbocycles. The van der Waals surface area contributed by atoms with E-state index >= 15 is 0 Å². The Morgan fingerprint density at radius 2 is 1.87 bits per heavy atom. The number of methoxy groups -OCH3 is 2. The lowest BCUT2D eigenvalue weighted by atomic mass is 9.95. The molecule has 0 saturated carbocycles. The van der Waals surface area contributed by atoms with Crippen molar-refractivity contribution in [3.8, 4) is 17.2 Å². The van der Waals surface area contributed by atoms with Gasteiger partial charge in [-0.05, 0) is 69.7 Å². The van der Waals surface area contributed by atoms with Gasteiger partial charge in [-0.25, -0.2) is 9.79 Å². The number of hydrogen-bond donors (Lipinski definition) is 0. The number of rotatable bonds is 8. The van der Waals surface area contributed by atoms with E-state index < -0.39 is 12.0 Å². The lowest BCUT2D eigenvalue weighted by Crippen LogP contribution is -2.40. The molecule has 0 radical (unpaired) electrons. The van der Waals surface area contributed by atoms with E-state index in [1.165, 1.54) is 30.1 Å². The fourth-order valence-corrected chi connectivity index (χ4v) is 6.06. The van der Waals surface area contributed by atoms with E-state index in [0.29, 0.717) is 52.9 Å². The van der Waals surface area contributed by atoms with Gasteiger partial charge in [0, 0.05) is 15.1 Å². The molecule has 1 atom stereocenters. The smallest absolute Gasteiger partial charge is 0.338 e. The van der Waals surface area contributed by atoms with Crippen LogP contribution in [0.2, 0.25) is 5.02 Å². The predicted octanol–water partition coefficient (Wildman–Crippen LogP) is 5.02. The van der Waals surface area contributed by atoms with Crippen molar-refractivity contribution >= 4 is 50.9 Å². The van der Waals surface area contributed by atoms with E-state index in [9.17, 15) is 9.59 Å². The molecule has 0 amide bonds. The van der Waals surface area contributed by atoms with Crippen LogP contribution in [0.25, 0.3) is 6.08 Å². The summed E-state index contributed by atoms with van der Waals surface area (Å²) in [6, 6.07) is 7.91. The summed E-state index contributed by atoms with van der Waals surface area (Å²) in [7, 11) is 3.06. The van der Waals surface area contributed by atoms with Crippen molar-refractivity contribution in [3.63, 3.8) is 0 Å². The minimum atomic E-state index is -0.831. The Labute approximate surface area is 243 Å². The van der Waals surface area contributed by atoms with Crippen molar-refractivity contribution in [2.75, 3.05) is 20.8 Å². The second-order valence-electron chi connectivity index (χ2n) is 8.88. The van der Waals surface area contributed by atoms with Crippen molar-refractivity contribution in [1.29, 1.82) is 0 Å². The molecule has 3 aromatic rings. The van der Waals surface area contributed by atoms with Crippen molar-refractivity contribution in [1.82, 2.24) is 4.57 Å². The van der Waals surface area contributed by atoms with Crippen LogP contribution in [0.15, 0.2) is 55.9 Å². The quantitative estimate of drug-likeness (QED) is 0.323. The zero-order chi connectivity index (χ0) is 28.4. The summed E-state index contributed by atoms with van der Waals surface area (Å²) in [4.78, 5) is 32.3. The molecule has 1 aliphatic rings. The fourth-order valence-electron chi connectivity index (χ4n) is 4.30. The van der Waals surface area contributed by atoms with E-state index in [1.54, 1.807) is 50.3 Å². The van der Waals surface area contributed by atoms with Gasteiger partial charge >= 0.3 is 5.97 Å². The van der Waals surface area contributed by atoms with Gasteiger partial charge in [-0.3, -0.25) is 9.36 Å². The third-order valence-corrected chi connectivity index (χ3v) is 7.84. The number of nitrogens with zero attached hydrogens (tertiary/aromatic N) is 2. The van der Waals surface area contributed by atoms with Crippen LogP contribution in [0, 0.1) is 0 Å². The van der Waals surface area contributed by atoms with Gasteiger partial charge < -0.3 is 18.9 Å². The molecule has 0 spiro atoms.